The summed E-state index contributed by atoms with van der Waals surface area (Å²) in [4.78, 5) is 11.8. The van der Waals surface area contributed by atoms with Crippen molar-refractivity contribution < 1.29 is 36.2 Å². The number of carbonyl (C=O) groups excluding carboxylic acids is 1. The molecule has 0 aromatic heterocycles. The van der Waals surface area contributed by atoms with Gasteiger partial charge in [0.2, 0.25) is 20.0 Å². The summed E-state index contributed by atoms with van der Waals surface area (Å²) < 4.78 is 57.3. The number of nitrogens with two attached hydrogens (primary N) is 1. The largest absolute Gasteiger partial charge is 0.507 e. The van der Waals surface area contributed by atoms with Gasteiger partial charge in [-0.05, 0) is 18.9 Å². The molecule has 12 heteroatoms. The number of primary sulfonamides is 1. The highest BCUT2D eigenvalue weighted by Gasteiger charge is 2.32. The average Bonchev–Trinajstić information content (AvgIpc) is 2.84. The van der Waals surface area contributed by atoms with Crippen molar-refractivity contribution in [2.24, 2.45) is 5.14 Å². The van der Waals surface area contributed by atoms with Crippen LogP contribution < -0.4 is 14.6 Å². The first-order valence-corrected chi connectivity index (χ1v) is 10.4. The number of phenols is 1. The number of phenolic OH excluding ortho intramolecular Hbond substituents is 1. The molecule has 10 nitrogen and oxygen atoms in total. The number of ether oxygens (including phenoxy) is 2. The third kappa shape index (κ3) is 4.21. The lowest BCUT2D eigenvalue weighted by Gasteiger charge is -2.16. The van der Waals surface area contributed by atoms with Crippen LogP contribution in [0, 0.1) is 6.92 Å². The van der Waals surface area contributed by atoms with E-state index in [9.17, 15) is 26.7 Å². The first-order chi connectivity index (χ1) is 11.5. The van der Waals surface area contributed by atoms with Crippen molar-refractivity contribution >= 4 is 26.0 Å². The van der Waals surface area contributed by atoms with E-state index < -0.39 is 31.1 Å². The molecule has 0 saturated heterocycles. The van der Waals surface area contributed by atoms with Crippen LogP contribution in [0.15, 0.2) is 0 Å². The molecule has 4 N–H and O–H groups in total. The number of carbonyl (C=O) groups is 1. The van der Waals surface area contributed by atoms with Crippen LogP contribution in [0.3, 0.4) is 0 Å². The molecule has 0 spiro atoms. The van der Waals surface area contributed by atoms with Gasteiger partial charge in [0.05, 0.1) is 7.11 Å². The molecule has 0 unspecified atom stereocenters. The number of nitrogens with one attached hydrogen (secondary N) is 1. The Labute approximate surface area is 145 Å². The topological polar surface area (TPSA) is 162 Å². The summed E-state index contributed by atoms with van der Waals surface area (Å²) in [6.45, 7) is 1.48. The molecule has 0 fully saturated rings. The monoisotopic (exact) mass is 394 g/mol. The minimum atomic E-state index is -4.21. The van der Waals surface area contributed by atoms with Gasteiger partial charge < -0.3 is 14.6 Å². The maximum Gasteiger partial charge on any atom is 0.342 e. The van der Waals surface area contributed by atoms with Crippen LogP contribution in [0.2, 0.25) is 0 Å². The van der Waals surface area contributed by atoms with E-state index in [1.54, 1.807) is 6.92 Å². The standard InChI is InChI=1S/C13H18N2O8S2/c1-7-9-5-23-13(17)10(9)11(16)8(12(7)22-2)3-4-15-25(20,21)6-24(14,18)19/h15-16H,3-6H2,1-2H3,(H2,14,18,19). The minimum Gasteiger partial charge on any atom is -0.507 e. The summed E-state index contributed by atoms with van der Waals surface area (Å²) in [6.07, 6.45) is -0.0414. The molecule has 1 heterocycles. The van der Waals surface area contributed by atoms with Crippen LogP contribution in [0.5, 0.6) is 11.5 Å². The molecule has 0 bridgehead atoms. The van der Waals surface area contributed by atoms with Gasteiger partial charge in [0.1, 0.15) is 23.7 Å². The van der Waals surface area contributed by atoms with Crippen LogP contribution in [0.1, 0.15) is 27.0 Å². The van der Waals surface area contributed by atoms with Crippen molar-refractivity contribution in [3.63, 3.8) is 0 Å². The molecule has 1 aliphatic heterocycles. The van der Waals surface area contributed by atoms with Gasteiger partial charge in [0.25, 0.3) is 0 Å². The minimum absolute atomic E-state index is 0.0190. The molecule has 0 aliphatic carbocycles. The molecule has 1 aliphatic rings. The van der Waals surface area contributed by atoms with E-state index in [4.69, 9.17) is 14.6 Å². The molecule has 0 atom stereocenters. The number of cyclic esters (lactones) is 1. The molecule has 0 radical (unpaired) electrons. The molecule has 25 heavy (non-hydrogen) atoms. The van der Waals surface area contributed by atoms with Crippen molar-refractivity contribution in [3.05, 3.63) is 22.3 Å². The van der Waals surface area contributed by atoms with Gasteiger partial charge in [-0.2, -0.15) is 0 Å². The number of aromatic hydroxyl groups is 1. The smallest absolute Gasteiger partial charge is 0.342 e. The molecule has 0 amide bonds. The Bertz CT molecular complexity index is 922. The highest BCUT2D eigenvalue weighted by Crippen LogP contribution is 2.41. The number of sulfonamides is 2. The molecule has 0 saturated carbocycles. The number of hydrogen-bond donors (Lipinski definition) is 3. The Morgan fingerprint density at radius 3 is 2.52 bits per heavy atom. The molecular weight excluding hydrogens is 376 g/mol. The van der Waals surface area contributed by atoms with Crippen molar-refractivity contribution in [2.75, 3.05) is 18.7 Å². The maximum atomic E-state index is 11.8. The third-order valence-corrected chi connectivity index (χ3v) is 6.86. The summed E-state index contributed by atoms with van der Waals surface area (Å²) in [5, 5.41) is 13.8. The zero-order chi connectivity index (χ0) is 19.0. The highest BCUT2D eigenvalue weighted by molar-refractivity contribution is 8.06. The van der Waals surface area contributed by atoms with Crippen molar-refractivity contribution in [2.45, 2.75) is 20.0 Å². The first kappa shape index (κ1) is 19.4. The Balaban J connectivity index is 2.27. The van der Waals surface area contributed by atoms with Crippen molar-refractivity contribution in [1.29, 1.82) is 0 Å². The van der Waals surface area contributed by atoms with Crippen LogP contribution in [-0.2, 0) is 37.8 Å². The number of methoxy groups -OCH3 is 1. The zero-order valence-electron chi connectivity index (χ0n) is 13.5. The van der Waals surface area contributed by atoms with E-state index in [0.717, 1.165) is 0 Å². The SMILES string of the molecule is COc1c(C)c2c(c(O)c1CCNS(=O)(=O)CS(N)(=O)=O)C(=O)OC2. The van der Waals surface area contributed by atoms with Gasteiger partial charge in [0, 0.05) is 17.7 Å². The van der Waals surface area contributed by atoms with Gasteiger partial charge in [-0.3, -0.25) is 0 Å². The lowest BCUT2D eigenvalue weighted by Crippen LogP contribution is -2.34. The van der Waals surface area contributed by atoms with E-state index >= 15 is 0 Å². The fourth-order valence-corrected chi connectivity index (χ4v) is 5.14. The van der Waals surface area contributed by atoms with Gasteiger partial charge in [-0.15, -0.1) is 0 Å². The van der Waals surface area contributed by atoms with E-state index in [2.05, 4.69) is 4.72 Å². The Hall–Kier alpha value is -1.89. The van der Waals surface area contributed by atoms with Crippen LogP contribution in [-0.4, -0.2) is 46.7 Å². The third-order valence-electron chi connectivity index (χ3n) is 3.66. The number of fused-ring (bicyclic) bond motifs is 1. The Morgan fingerprint density at radius 1 is 1.32 bits per heavy atom. The predicted octanol–water partition coefficient (Wildman–Crippen LogP) is -0.912. The van der Waals surface area contributed by atoms with E-state index in [-0.39, 0.29) is 36.4 Å². The van der Waals surface area contributed by atoms with Crippen molar-refractivity contribution in [1.82, 2.24) is 4.72 Å². The van der Waals surface area contributed by atoms with E-state index in [1.165, 1.54) is 7.11 Å². The quantitative estimate of drug-likeness (QED) is 0.500. The number of rotatable bonds is 7. The molecular formula is C13H18N2O8S2. The number of esters is 1. The fourth-order valence-electron chi connectivity index (χ4n) is 2.66. The summed E-state index contributed by atoms with van der Waals surface area (Å²) in [6, 6.07) is 0. The second-order valence-corrected chi connectivity index (χ2v) is 9.24. The average molecular weight is 394 g/mol. The van der Waals surface area contributed by atoms with Crippen molar-refractivity contribution in [3.8, 4) is 11.5 Å². The summed E-state index contributed by atoms with van der Waals surface area (Å²) in [5.74, 6) is -0.708. The Morgan fingerprint density at radius 2 is 1.96 bits per heavy atom. The summed E-state index contributed by atoms with van der Waals surface area (Å²) in [7, 11) is -6.98. The highest BCUT2D eigenvalue weighted by atomic mass is 32.3. The van der Waals surface area contributed by atoms with Crippen LogP contribution in [0.25, 0.3) is 0 Å². The van der Waals surface area contributed by atoms with E-state index in [0.29, 0.717) is 16.9 Å². The number of benzene rings is 1. The molecule has 1 aromatic rings. The Kier molecular flexibility index (Phi) is 5.27. The van der Waals surface area contributed by atoms with Gasteiger partial charge in [-0.25, -0.2) is 31.5 Å². The maximum absolute atomic E-state index is 11.8. The van der Waals surface area contributed by atoms with Gasteiger partial charge >= 0.3 is 5.97 Å². The van der Waals surface area contributed by atoms with Gasteiger partial charge in [-0.1, -0.05) is 0 Å². The summed E-state index contributed by atoms with van der Waals surface area (Å²) in [5.41, 5.74) is 1.36. The summed E-state index contributed by atoms with van der Waals surface area (Å²) >= 11 is 0. The molecule has 2 rings (SSSR count). The second-order valence-electron chi connectivity index (χ2n) is 5.45. The van der Waals surface area contributed by atoms with Crippen LogP contribution >= 0.6 is 0 Å². The normalized spacial score (nSPS) is 14.3. The zero-order valence-corrected chi connectivity index (χ0v) is 15.2. The predicted molar refractivity (Wildman–Crippen MR) is 87.1 cm³/mol. The lowest BCUT2D eigenvalue weighted by atomic mass is 9.95. The van der Waals surface area contributed by atoms with Gasteiger partial charge in [0.15, 0.2) is 5.08 Å². The van der Waals surface area contributed by atoms with E-state index in [1.807, 2.05) is 0 Å². The number of hydrogen-bond acceptors (Lipinski definition) is 8. The molecule has 1 aromatic carbocycles. The second kappa shape index (κ2) is 6.78. The van der Waals surface area contributed by atoms with Crippen LogP contribution in [0.4, 0.5) is 0 Å². The fraction of sp³-hybridized carbons (Fsp3) is 0.462. The molecule has 140 valence electrons. The first-order valence-electron chi connectivity index (χ1n) is 7.03. The lowest BCUT2D eigenvalue weighted by molar-refractivity contribution is 0.0533.